The van der Waals surface area contributed by atoms with Crippen molar-refractivity contribution < 1.29 is 9.53 Å². The minimum Gasteiger partial charge on any atom is -0.489 e. The van der Waals surface area contributed by atoms with Gasteiger partial charge in [0, 0.05) is 5.56 Å². The molecule has 1 unspecified atom stereocenters. The summed E-state index contributed by atoms with van der Waals surface area (Å²) < 4.78 is 7.52. The summed E-state index contributed by atoms with van der Waals surface area (Å²) in [5.41, 5.74) is 3.56. The Kier molecular flexibility index (Phi) is 5.85. The maximum atomic E-state index is 12.7. The minimum absolute atomic E-state index is 0.142. The minimum atomic E-state index is -0.145. The van der Waals surface area contributed by atoms with Gasteiger partial charge >= 0.3 is 0 Å². The van der Waals surface area contributed by atoms with Gasteiger partial charge in [-0.15, -0.1) is 0 Å². The third kappa shape index (κ3) is 4.72. The van der Waals surface area contributed by atoms with Gasteiger partial charge in [0.2, 0.25) is 0 Å². The normalized spacial score (nSPS) is 11.6. The smallest absolute Gasteiger partial charge is 0.251 e. The molecule has 0 saturated carbocycles. The van der Waals surface area contributed by atoms with Crippen LogP contribution in [-0.4, -0.2) is 20.7 Å². The maximum absolute atomic E-state index is 12.7. The van der Waals surface area contributed by atoms with E-state index in [4.69, 9.17) is 4.74 Å². The first kappa shape index (κ1) is 19.4. The summed E-state index contributed by atoms with van der Waals surface area (Å²) in [7, 11) is 0. The monoisotopic (exact) mass is 398 g/mol. The average molecular weight is 398 g/mol. The lowest BCUT2D eigenvalue weighted by molar-refractivity contribution is 0.0939. The van der Waals surface area contributed by atoms with E-state index in [1.807, 2.05) is 73.7 Å². The van der Waals surface area contributed by atoms with Gasteiger partial charge < -0.3 is 10.1 Å². The Morgan fingerprint density at radius 1 is 1.03 bits per heavy atom. The number of hydrogen-bond donors (Lipinski definition) is 1. The Morgan fingerprint density at radius 2 is 1.83 bits per heavy atom. The number of carbonyl (C=O) groups is 1. The van der Waals surface area contributed by atoms with Gasteiger partial charge in [-0.1, -0.05) is 48.5 Å². The molecule has 4 aromatic rings. The van der Waals surface area contributed by atoms with Gasteiger partial charge in [0.25, 0.3) is 5.91 Å². The van der Waals surface area contributed by atoms with Crippen molar-refractivity contribution in [1.82, 2.24) is 20.1 Å². The van der Waals surface area contributed by atoms with Crippen LogP contribution in [0.1, 0.15) is 34.5 Å². The third-order valence-electron chi connectivity index (χ3n) is 4.77. The lowest BCUT2D eigenvalue weighted by Crippen LogP contribution is -2.26. The molecule has 0 aliphatic rings. The van der Waals surface area contributed by atoms with E-state index in [0.29, 0.717) is 17.9 Å². The number of amides is 1. The summed E-state index contributed by atoms with van der Waals surface area (Å²) in [4.78, 5) is 16.7. The molecule has 0 saturated heterocycles. The Balaban J connectivity index is 1.38. The van der Waals surface area contributed by atoms with E-state index >= 15 is 0 Å². The van der Waals surface area contributed by atoms with Crippen molar-refractivity contribution in [3.63, 3.8) is 0 Å². The molecule has 4 rings (SSSR count). The maximum Gasteiger partial charge on any atom is 0.251 e. The summed E-state index contributed by atoms with van der Waals surface area (Å²) in [6.45, 7) is 2.42. The second-order valence-electron chi connectivity index (χ2n) is 6.93. The molecule has 1 atom stereocenters. The van der Waals surface area contributed by atoms with Crippen molar-refractivity contribution >= 4 is 5.91 Å². The highest BCUT2D eigenvalue weighted by Crippen LogP contribution is 2.18. The van der Waals surface area contributed by atoms with Crippen LogP contribution >= 0.6 is 0 Å². The quantitative estimate of drug-likeness (QED) is 0.503. The van der Waals surface area contributed by atoms with E-state index in [1.54, 1.807) is 23.1 Å². The molecule has 3 aromatic carbocycles. The molecule has 0 aliphatic heterocycles. The van der Waals surface area contributed by atoms with Gasteiger partial charge in [0.05, 0.1) is 11.7 Å². The predicted molar refractivity (Wildman–Crippen MR) is 114 cm³/mol. The van der Waals surface area contributed by atoms with Crippen molar-refractivity contribution in [3.8, 4) is 11.4 Å². The van der Waals surface area contributed by atoms with Crippen LogP contribution in [0.2, 0.25) is 0 Å². The first-order valence-corrected chi connectivity index (χ1v) is 9.71. The molecule has 6 heteroatoms. The highest BCUT2D eigenvalue weighted by molar-refractivity contribution is 5.94. The van der Waals surface area contributed by atoms with Crippen molar-refractivity contribution in [2.45, 2.75) is 19.6 Å². The van der Waals surface area contributed by atoms with E-state index in [1.165, 1.54) is 6.33 Å². The second kappa shape index (κ2) is 9.05. The largest absolute Gasteiger partial charge is 0.489 e. The first-order valence-electron chi connectivity index (χ1n) is 9.71. The molecule has 0 spiro atoms. The zero-order chi connectivity index (χ0) is 20.8. The zero-order valence-electron chi connectivity index (χ0n) is 16.6. The van der Waals surface area contributed by atoms with Gasteiger partial charge in [0.1, 0.15) is 25.0 Å². The Bertz CT molecular complexity index is 1090. The fraction of sp³-hybridized carbons (Fsp3) is 0.125. The van der Waals surface area contributed by atoms with Gasteiger partial charge in [0.15, 0.2) is 0 Å². The molecule has 1 heterocycles. The van der Waals surface area contributed by atoms with Crippen molar-refractivity contribution in [2.24, 2.45) is 0 Å². The third-order valence-corrected chi connectivity index (χ3v) is 4.77. The summed E-state index contributed by atoms with van der Waals surface area (Å²) >= 11 is 0. The van der Waals surface area contributed by atoms with Gasteiger partial charge in [-0.05, 0) is 48.4 Å². The molecular formula is C24H22N4O2. The van der Waals surface area contributed by atoms with E-state index in [-0.39, 0.29) is 11.9 Å². The molecular weight excluding hydrogens is 376 g/mol. The van der Waals surface area contributed by atoms with Crippen LogP contribution in [0.3, 0.4) is 0 Å². The van der Waals surface area contributed by atoms with Crippen LogP contribution in [0, 0.1) is 0 Å². The van der Waals surface area contributed by atoms with Crippen LogP contribution in [0.4, 0.5) is 0 Å². The lowest BCUT2D eigenvalue weighted by Gasteiger charge is -2.15. The Hall–Kier alpha value is -3.93. The SMILES string of the molecule is CC(NC(=O)c1cccc(OCc2ccccc2)c1)c1ccc(-n2cncn2)cc1. The standard InChI is InChI=1S/C24H22N4O2/c1-18(20-10-12-22(13-11-20)28-17-25-16-26-28)27-24(29)21-8-5-9-23(14-21)30-15-19-6-3-2-4-7-19/h2-14,16-18H,15H2,1H3,(H,27,29). The second-order valence-corrected chi connectivity index (χ2v) is 6.93. The molecule has 150 valence electrons. The first-order chi connectivity index (χ1) is 14.7. The number of hydrogen-bond acceptors (Lipinski definition) is 4. The number of nitrogens with zero attached hydrogens (tertiary/aromatic N) is 3. The molecule has 1 amide bonds. The van der Waals surface area contributed by atoms with Gasteiger partial charge in [-0.3, -0.25) is 4.79 Å². The van der Waals surface area contributed by atoms with Crippen LogP contribution in [0.5, 0.6) is 5.75 Å². The Morgan fingerprint density at radius 3 is 2.57 bits per heavy atom. The average Bonchev–Trinajstić information content (AvgIpc) is 3.34. The van der Waals surface area contributed by atoms with Crippen LogP contribution < -0.4 is 10.1 Å². The summed E-state index contributed by atoms with van der Waals surface area (Å²) in [5.74, 6) is 0.518. The topological polar surface area (TPSA) is 69.0 Å². The van der Waals surface area contributed by atoms with Crippen LogP contribution in [0.25, 0.3) is 5.69 Å². The van der Waals surface area contributed by atoms with Crippen molar-refractivity contribution in [1.29, 1.82) is 0 Å². The van der Waals surface area contributed by atoms with Crippen LogP contribution in [0.15, 0.2) is 91.5 Å². The van der Waals surface area contributed by atoms with Crippen molar-refractivity contribution in [3.05, 3.63) is 108 Å². The van der Waals surface area contributed by atoms with E-state index < -0.39 is 0 Å². The van der Waals surface area contributed by atoms with E-state index in [2.05, 4.69) is 15.4 Å². The zero-order valence-corrected chi connectivity index (χ0v) is 16.6. The molecule has 0 fully saturated rings. The number of benzene rings is 3. The molecule has 30 heavy (non-hydrogen) atoms. The number of nitrogens with one attached hydrogen (secondary N) is 1. The summed E-state index contributed by atoms with van der Waals surface area (Å²) in [6.07, 6.45) is 3.14. The highest BCUT2D eigenvalue weighted by Gasteiger charge is 2.12. The number of rotatable bonds is 7. The van der Waals surface area contributed by atoms with Crippen LogP contribution in [-0.2, 0) is 6.61 Å². The number of carbonyl (C=O) groups excluding carboxylic acids is 1. The predicted octanol–water partition coefficient (Wildman–Crippen LogP) is 4.34. The summed E-state index contributed by atoms with van der Waals surface area (Å²) in [5, 5.41) is 7.15. The van der Waals surface area contributed by atoms with E-state index in [0.717, 1.165) is 16.8 Å². The number of ether oxygens (including phenoxy) is 1. The molecule has 1 N–H and O–H groups in total. The molecule has 1 aromatic heterocycles. The van der Waals surface area contributed by atoms with Gasteiger partial charge in [-0.2, -0.15) is 5.10 Å². The molecule has 0 bridgehead atoms. The van der Waals surface area contributed by atoms with E-state index in [9.17, 15) is 4.79 Å². The van der Waals surface area contributed by atoms with Gasteiger partial charge in [-0.25, -0.2) is 9.67 Å². The fourth-order valence-electron chi connectivity index (χ4n) is 3.09. The van der Waals surface area contributed by atoms with Crippen molar-refractivity contribution in [2.75, 3.05) is 0 Å². The molecule has 0 radical (unpaired) electrons. The lowest BCUT2D eigenvalue weighted by atomic mass is 10.1. The summed E-state index contributed by atoms with van der Waals surface area (Å²) in [6, 6.07) is 24.9. The number of aromatic nitrogens is 3. The highest BCUT2D eigenvalue weighted by atomic mass is 16.5. The molecule has 0 aliphatic carbocycles. The molecule has 6 nitrogen and oxygen atoms in total. The fourth-order valence-corrected chi connectivity index (χ4v) is 3.09. The Labute approximate surface area is 175 Å².